The number of phenolic OH excluding ortho intramolecular Hbond substituents is 1. The Hall–Kier alpha value is -3.11. The summed E-state index contributed by atoms with van der Waals surface area (Å²) >= 11 is 6.28. The van der Waals surface area contributed by atoms with E-state index in [0.29, 0.717) is 23.1 Å². The Morgan fingerprint density at radius 3 is 2.32 bits per heavy atom. The van der Waals surface area contributed by atoms with Gasteiger partial charge in [-0.3, -0.25) is 4.99 Å². The Bertz CT molecular complexity index is 1060. The maximum atomic E-state index is 12.0. The van der Waals surface area contributed by atoms with E-state index < -0.39 is 6.04 Å². The summed E-state index contributed by atoms with van der Waals surface area (Å²) < 4.78 is 0. The fraction of sp³-hybridized carbons (Fsp3) is 0.231. The molecular formula is C26H27ClN2O2. The van der Waals surface area contributed by atoms with Gasteiger partial charge in [-0.15, -0.1) is 0 Å². The number of anilines is 1. The number of carbonyl (C=O) groups is 1. The van der Waals surface area contributed by atoms with Gasteiger partial charge >= 0.3 is 0 Å². The molecule has 4 nitrogen and oxygen atoms in total. The molecule has 5 heteroatoms. The van der Waals surface area contributed by atoms with Crippen molar-refractivity contribution < 1.29 is 9.90 Å². The number of aromatic hydroxyl groups is 1. The minimum atomic E-state index is -0.558. The second kappa shape index (κ2) is 10.3. The van der Waals surface area contributed by atoms with E-state index in [2.05, 4.69) is 43.4 Å². The molecule has 0 heterocycles. The molecule has 0 aliphatic carbocycles. The van der Waals surface area contributed by atoms with Crippen LogP contribution in [0.3, 0.4) is 0 Å². The predicted molar refractivity (Wildman–Crippen MR) is 129 cm³/mol. The van der Waals surface area contributed by atoms with Gasteiger partial charge in [-0.2, -0.15) is 0 Å². The summed E-state index contributed by atoms with van der Waals surface area (Å²) in [5.41, 5.74) is 5.39. The molecule has 0 aliphatic rings. The lowest BCUT2D eigenvalue weighted by atomic mass is 9.98. The first-order valence-electron chi connectivity index (χ1n) is 10.3. The summed E-state index contributed by atoms with van der Waals surface area (Å²) in [6, 6.07) is 20.1. The van der Waals surface area contributed by atoms with Crippen molar-refractivity contribution in [3.05, 3.63) is 94.0 Å². The van der Waals surface area contributed by atoms with Crippen LogP contribution >= 0.6 is 11.6 Å². The number of phenols is 1. The van der Waals surface area contributed by atoms with Crippen molar-refractivity contribution >= 4 is 29.3 Å². The number of hydrogen-bond donors (Lipinski definition) is 2. The van der Waals surface area contributed by atoms with E-state index in [1.165, 1.54) is 5.56 Å². The number of aliphatic imine (C=N–C) groups is 1. The summed E-state index contributed by atoms with van der Waals surface area (Å²) in [5, 5.41) is 13.4. The highest BCUT2D eigenvalue weighted by Crippen LogP contribution is 2.26. The van der Waals surface area contributed by atoms with Gasteiger partial charge < -0.3 is 15.2 Å². The van der Waals surface area contributed by atoms with Gasteiger partial charge in [0.1, 0.15) is 18.1 Å². The number of nitrogens with zero attached hydrogens (tertiary/aromatic N) is 1. The van der Waals surface area contributed by atoms with E-state index in [-0.39, 0.29) is 5.75 Å². The van der Waals surface area contributed by atoms with E-state index >= 15 is 0 Å². The van der Waals surface area contributed by atoms with E-state index in [4.69, 9.17) is 16.6 Å². The highest BCUT2D eigenvalue weighted by Gasteiger charge is 2.16. The van der Waals surface area contributed by atoms with Gasteiger partial charge in [-0.25, -0.2) is 0 Å². The molecule has 3 rings (SSSR count). The van der Waals surface area contributed by atoms with Gasteiger partial charge in [0.2, 0.25) is 0 Å². The highest BCUT2D eigenvalue weighted by molar-refractivity contribution is 6.31. The Morgan fingerprint density at radius 2 is 1.74 bits per heavy atom. The van der Waals surface area contributed by atoms with Crippen LogP contribution in [0.5, 0.6) is 5.75 Å². The third-order valence-electron chi connectivity index (χ3n) is 5.19. The standard InChI is InChI=1S/C26H27ClN2O2/c1-17(2)19-6-4-18(5-7-19)14-22(16-30)29-26(20-8-11-23(31)12-9-20)24-15-21(27)10-13-25(24)28-3/h4-13,15-17,22,28,31H,14H2,1-3H3/b29-26-. The summed E-state index contributed by atoms with van der Waals surface area (Å²) in [6.45, 7) is 4.31. The van der Waals surface area contributed by atoms with Crippen molar-refractivity contribution in [1.29, 1.82) is 0 Å². The molecule has 2 N–H and O–H groups in total. The van der Waals surface area contributed by atoms with E-state index in [1.807, 2.05) is 19.2 Å². The number of benzene rings is 3. The van der Waals surface area contributed by atoms with Crippen molar-refractivity contribution in [2.24, 2.45) is 4.99 Å². The highest BCUT2D eigenvalue weighted by atomic mass is 35.5. The fourth-order valence-corrected chi connectivity index (χ4v) is 3.59. The molecule has 1 unspecified atom stereocenters. The van der Waals surface area contributed by atoms with Gasteiger partial charge in [-0.1, -0.05) is 49.7 Å². The minimum absolute atomic E-state index is 0.167. The van der Waals surface area contributed by atoms with E-state index in [9.17, 15) is 9.90 Å². The molecule has 1 atom stereocenters. The third-order valence-corrected chi connectivity index (χ3v) is 5.43. The molecular weight excluding hydrogens is 408 g/mol. The smallest absolute Gasteiger partial charge is 0.144 e. The average Bonchev–Trinajstić information content (AvgIpc) is 2.77. The molecule has 0 aliphatic heterocycles. The molecule has 0 bridgehead atoms. The zero-order chi connectivity index (χ0) is 22.4. The summed E-state index contributed by atoms with van der Waals surface area (Å²) in [7, 11) is 1.83. The second-order valence-corrected chi connectivity index (χ2v) is 8.20. The normalized spacial score (nSPS) is 12.6. The van der Waals surface area contributed by atoms with Gasteiger partial charge in [0.15, 0.2) is 0 Å². The van der Waals surface area contributed by atoms with Crippen LogP contribution in [0.25, 0.3) is 0 Å². The maximum absolute atomic E-state index is 12.0. The van der Waals surface area contributed by atoms with Gasteiger partial charge in [-0.05, 0) is 59.5 Å². The quantitative estimate of drug-likeness (QED) is 0.345. The average molecular weight is 435 g/mol. The lowest BCUT2D eigenvalue weighted by molar-refractivity contribution is -0.108. The number of rotatable bonds is 8. The molecule has 3 aromatic carbocycles. The summed E-state index contributed by atoms with van der Waals surface area (Å²) in [4.78, 5) is 16.8. The van der Waals surface area contributed by atoms with Crippen molar-refractivity contribution in [1.82, 2.24) is 0 Å². The van der Waals surface area contributed by atoms with Crippen LogP contribution in [0.1, 0.15) is 42.0 Å². The van der Waals surface area contributed by atoms with E-state index in [1.54, 1.807) is 30.3 Å². The van der Waals surface area contributed by atoms with Crippen LogP contribution < -0.4 is 5.32 Å². The molecule has 0 radical (unpaired) electrons. The van der Waals surface area contributed by atoms with Crippen molar-refractivity contribution in [3.8, 4) is 5.75 Å². The van der Waals surface area contributed by atoms with Crippen molar-refractivity contribution in [3.63, 3.8) is 0 Å². The Labute approximate surface area is 188 Å². The molecule has 0 fully saturated rings. The molecule has 0 saturated carbocycles. The van der Waals surface area contributed by atoms with Gasteiger partial charge in [0.25, 0.3) is 0 Å². The predicted octanol–water partition coefficient (Wildman–Crippen LogP) is 5.86. The van der Waals surface area contributed by atoms with Crippen molar-refractivity contribution in [2.75, 3.05) is 12.4 Å². The summed E-state index contributed by atoms with van der Waals surface area (Å²) in [5.74, 6) is 0.623. The summed E-state index contributed by atoms with van der Waals surface area (Å²) in [6.07, 6.45) is 1.37. The molecule has 160 valence electrons. The van der Waals surface area contributed by atoms with Crippen LogP contribution in [0.4, 0.5) is 5.69 Å². The van der Waals surface area contributed by atoms with Crippen LogP contribution in [0.2, 0.25) is 5.02 Å². The van der Waals surface area contributed by atoms with Crippen LogP contribution in [0, 0.1) is 0 Å². The third kappa shape index (κ3) is 5.74. The zero-order valence-electron chi connectivity index (χ0n) is 18.0. The molecule has 0 saturated heterocycles. The molecule has 31 heavy (non-hydrogen) atoms. The van der Waals surface area contributed by atoms with Crippen LogP contribution in [-0.2, 0) is 11.2 Å². The Morgan fingerprint density at radius 1 is 1.06 bits per heavy atom. The molecule has 0 spiro atoms. The Balaban J connectivity index is 2.03. The lowest BCUT2D eigenvalue weighted by Gasteiger charge is -2.16. The van der Waals surface area contributed by atoms with Crippen LogP contribution in [-0.4, -0.2) is 30.2 Å². The monoisotopic (exact) mass is 434 g/mol. The largest absolute Gasteiger partial charge is 0.508 e. The number of nitrogens with one attached hydrogen (secondary N) is 1. The number of carbonyl (C=O) groups excluding carboxylic acids is 1. The maximum Gasteiger partial charge on any atom is 0.144 e. The number of halogens is 1. The van der Waals surface area contributed by atoms with Gasteiger partial charge in [0.05, 0.1) is 5.71 Å². The van der Waals surface area contributed by atoms with Crippen molar-refractivity contribution in [2.45, 2.75) is 32.2 Å². The number of hydrogen-bond acceptors (Lipinski definition) is 4. The lowest BCUT2D eigenvalue weighted by Crippen LogP contribution is -2.16. The minimum Gasteiger partial charge on any atom is -0.508 e. The fourth-order valence-electron chi connectivity index (χ4n) is 3.42. The first-order valence-corrected chi connectivity index (χ1v) is 10.7. The molecule has 3 aromatic rings. The zero-order valence-corrected chi connectivity index (χ0v) is 18.7. The first kappa shape index (κ1) is 22.6. The topological polar surface area (TPSA) is 61.7 Å². The second-order valence-electron chi connectivity index (χ2n) is 7.77. The molecule has 0 amide bonds. The Kier molecular flexibility index (Phi) is 7.48. The van der Waals surface area contributed by atoms with Gasteiger partial charge in [0, 0.05) is 35.3 Å². The first-order chi connectivity index (χ1) is 14.9. The van der Waals surface area contributed by atoms with E-state index in [0.717, 1.165) is 28.7 Å². The van der Waals surface area contributed by atoms with Crippen LogP contribution in [0.15, 0.2) is 71.7 Å². The molecule has 0 aromatic heterocycles. The number of aldehydes is 1. The SMILES string of the molecule is CNc1ccc(Cl)cc1/C(=N\C(C=O)Cc1ccc(C(C)C)cc1)c1ccc(O)cc1.